The van der Waals surface area contributed by atoms with E-state index in [4.69, 9.17) is 11.5 Å². The predicted octanol–water partition coefficient (Wildman–Crippen LogP) is -2.73. The summed E-state index contributed by atoms with van der Waals surface area (Å²) in [5.41, 5.74) is 12.3. The molecule has 0 spiro atoms. The van der Waals surface area contributed by atoms with E-state index in [2.05, 4.69) is 31.5 Å². The lowest BCUT2D eigenvalue weighted by molar-refractivity contribution is -0.127. The number of nitrogens with one attached hydrogen (secondary N) is 5. The van der Waals surface area contributed by atoms with Crippen LogP contribution < -0.4 is 38.1 Å². The van der Waals surface area contributed by atoms with Crippen molar-refractivity contribution in [3.05, 3.63) is 0 Å². The lowest BCUT2D eigenvalue weighted by Gasteiger charge is -2.38. The zero-order valence-electron chi connectivity index (χ0n) is 18.7. The third-order valence-electron chi connectivity index (χ3n) is 5.69. The quantitative estimate of drug-likeness (QED) is 0.258. The van der Waals surface area contributed by atoms with Crippen LogP contribution in [-0.2, 0) is 4.79 Å². The highest BCUT2D eigenvalue weighted by Gasteiger charge is 2.31. The van der Waals surface area contributed by atoms with Crippen LogP contribution in [0.2, 0.25) is 0 Å². The first-order valence-corrected chi connectivity index (χ1v) is 11.0. The fraction of sp³-hybridized carbons (Fsp3) is 0.950. The predicted molar refractivity (Wildman–Crippen MR) is 119 cm³/mol. The minimum atomic E-state index is -0.454. The van der Waals surface area contributed by atoms with E-state index in [1.807, 2.05) is 20.8 Å². The fourth-order valence-corrected chi connectivity index (χ4v) is 3.74. The second kappa shape index (κ2) is 11.1. The van der Waals surface area contributed by atoms with E-state index >= 15 is 0 Å². The third kappa shape index (κ3) is 8.94. The zero-order chi connectivity index (χ0) is 21.4. The van der Waals surface area contributed by atoms with Crippen LogP contribution in [0.4, 0.5) is 0 Å². The molecule has 0 aromatic heterocycles. The lowest BCUT2D eigenvalue weighted by atomic mass is 9.90. The average molecular weight is 413 g/mol. The maximum absolute atomic E-state index is 12.7. The summed E-state index contributed by atoms with van der Waals surface area (Å²) in [6, 6.07) is 0. The Morgan fingerprint density at radius 1 is 0.793 bits per heavy atom. The van der Waals surface area contributed by atoms with Crippen molar-refractivity contribution in [1.82, 2.24) is 31.5 Å². The van der Waals surface area contributed by atoms with Gasteiger partial charge in [0.2, 0.25) is 0 Å². The Morgan fingerprint density at radius 2 is 1.21 bits per heavy atom. The van der Waals surface area contributed by atoms with E-state index in [9.17, 15) is 4.79 Å². The summed E-state index contributed by atoms with van der Waals surface area (Å²) in [4.78, 5) is 14.9. The molecule has 0 atom stereocenters. The van der Waals surface area contributed by atoms with E-state index in [0.717, 1.165) is 52.4 Å². The molecule has 9 N–H and O–H groups in total. The molecule has 3 rings (SSSR count). The van der Waals surface area contributed by atoms with Crippen molar-refractivity contribution in [2.24, 2.45) is 16.9 Å². The fourth-order valence-electron chi connectivity index (χ4n) is 3.74. The number of rotatable bonds is 2. The summed E-state index contributed by atoms with van der Waals surface area (Å²) in [6.07, 6.45) is 0. The molecule has 3 fully saturated rings. The van der Waals surface area contributed by atoms with E-state index in [1.165, 1.54) is 0 Å². The highest BCUT2D eigenvalue weighted by molar-refractivity contribution is 5.85. The molecule has 9 nitrogen and oxygen atoms in total. The van der Waals surface area contributed by atoms with Crippen LogP contribution in [0.3, 0.4) is 0 Å². The van der Waals surface area contributed by atoms with Gasteiger partial charge in [-0.15, -0.1) is 0 Å². The SMILES string of the molecule is CC(C)(C)C(=O)CN1CCNCC2(N)CNCCNCC(N)(CNCCNC2)C1. The van der Waals surface area contributed by atoms with Gasteiger partial charge in [-0.25, -0.2) is 0 Å². The Labute approximate surface area is 176 Å². The van der Waals surface area contributed by atoms with Gasteiger partial charge in [0.25, 0.3) is 0 Å². The minimum Gasteiger partial charge on any atom is -0.322 e. The molecule has 0 saturated carbocycles. The molecular weight excluding hydrogens is 368 g/mol. The van der Waals surface area contributed by atoms with E-state index in [-0.39, 0.29) is 16.7 Å². The van der Waals surface area contributed by atoms with Gasteiger partial charge in [0.05, 0.1) is 17.6 Å². The molecule has 29 heavy (non-hydrogen) atoms. The summed E-state index contributed by atoms with van der Waals surface area (Å²) in [5.74, 6) is 0.240. The van der Waals surface area contributed by atoms with Crippen molar-refractivity contribution in [3.8, 4) is 0 Å². The lowest BCUT2D eigenvalue weighted by Crippen LogP contribution is -2.65. The monoisotopic (exact) mass is 412 g/mol. The first-order chi connectivity index (χ1) is 13.6. The second-order valence-corrected chi connectivity index (χ2v) is 9.99. The van der Waals surface area contributed by atoms with Gasteiger partial charge in [0, 0.05) is 84.0 Å². The van der Waals surface area contributed by atoms with Gasteiger partial charge in [0.1, 0.15) is 0 Å². The molecule has 0 radical (unpaired) electrons. The van der Waals surface area contributed by atoms with Gasteiger partial charge in [-0.1, -0.05) is 20.8 Å². The molecule has 0 aromatic carbocycles. The van der Waals surface area contributed by atoms with E-state index < -0.39 is 5.54 Å². The van der Waals surface area contributed by atoms with Crippen molar-refractivity contribution in [2.45, 2.75) is 31.8 Å². The molecule has 3 saturated heterocycles. The van der Waals surface area contributed by atoms with Crippen LogP contribution in [-0.4, -0.2) is 107 Å². The van der Waals surface area contributed by atoms with Crippen LogP contribution in [0.5, 0.6) is 0 Å². The Balaban J connectivity index is 2.18. The molecule has 0 amide bonds. The molecule has 3 heterocycles. The van der Waals surface area contributed by atoms with Crippen LogP contribution in [0.25, 0.3) is 0 Å². The summed E-state index contributed by atoms with van der Waals surface area (Å²) in [6.45, 7) is 15.5. The van der Waals surface area contributed by atoms with Crippen molar-refractivity contribution in [1.29, 1.82) is 0 Å². The highest BCUT2D eigenvalue weighted by Crippen LogP contribution is 2.16. The van der Waals surface area contributed by atoms with Gasteiger partial charge < -0.3 is 38.1 Å². The summed E-state index contributed by atoms with van der Waals surface area (Å²) >= 11 is 0. The van der Waals surface area contributed by atoms with Crippen LogP contribution in [0, 0.1) is 5.41 Å². The summed E-state index contributed by atoms with van der Waals surface area (Å²) in [7, 11) is 0. The average Bonchev–Trinajstić information content (AvgIpc) is 2.63. The van der Waals surface area contributed by atoms with Crippen LogP contribution in [0.15, 0.2) is 0 Å². The maximum Gasteiger partial charge on any atom is 0.152 e. The molecule has 9 heteroatoms. The zero-order valence-corrected chi connectivity index (χ0v) is 18.7. The van der Waals surface area contributed by atoms with Gasteiger partial charge >= 0.3 is 0 Å². The van der Waals surface area contributed by atoms with E-state index in [0.29, 0.717) is 32.7 Å². The molecule has 170 valence electrons. The van der Waals surface area contributed by atoms with Gasteiger partial charge in [-0.05, 0) is 0 Å². The molecule has 2 bridgehead atoms. The number of fused-ring (bicyclic) bond motifs is 15. The Bertz CT molecular complexity index is 491. The summed E-state index contributed by atoms with van der Waals surface area (Å²) < 4.78 is 0. The first-order valence-electron chi connectivity index (χ1n) is 11.0. The van der Waals surface area contributed by atoms with Crippen molar-refractivity contribution in [3.63, 3.8) is 0 Å². The van der Waals surface area contributed by atoms with Gasteiger partial charge in [0.15, 0.2) is 5.78 Å². The molecular formula is C20H44N8O. The van der Waals surface area contributed by atoms with Gasteiger partial charge in [-0.2, -0.15) is 0 Å². The number of hydrogen-bond donors (Lipinski definition) is 7. The molecule has 0 unspecified atom stereocenters. The summed E-state index contributed by atoms with van der Waals surface area (Å²) in [5, 5.41) is 17.5. The minimum absolute atomic E-state index is 0.240. The Kier molecular flexibility index (Phi) is 9.43. The van der Waals surface area contributed by atoms with Crippen LogP contribution in [0.1, 0.15) is 20.8 Å². The topological polar surface area (TPSA) is 132 Å². The number of nitrogens with zero attached hydrogens (tertiary/aromatic N) is 1. The van der Waals surface area contributed by atoms with Crippen molar-refractivity contribution < 1.29 is 4.79 Å². The molecule has 0 aliphatic carbocycles. The number of carbonyl (C=O) groups excluding carboxylic acids is 1. The first kappa shape index (κ1) is 24.6. The molecule has 0 aromatic rings. The Hall–Kier alpha value is -0.650. The number of carbonyl (C=O) groups is 1. The number of hydrogen-bond acceptors (Lipinski definition) is 9. The number of ketones is 1. The highest BCUT2D eigenvalue weighted by atomic mass is 16.1. The van der Waals surface area contributed by atoms with E-state index in [1.54, 1.807) is 0 Å². The molecule has 3 aliphatic heterocycles. The van der Waals surface area contributed by atoms with Crippen molar-refractivity contribution in [2.75, 3.05) is 85.1 Å². The number of Topliss-reactive ketones (excluding diaryl/α,β-unsaturated/α-hetero) is 1. The Morgan fingerprint density at radius 3 is 1.66 bits per heavy atom. The second-order valence-electron chi connectivity index (χ2n) is 9.99. The number of nitrogens with two attached hydrogens (primary N) is 2. The van der Waals surface area contributed by atoms with Crippen LogP contribution >= 0.6 is 0 Å². The smallest absolute Gasteiger partial charge is 0.152 e. The normalized spacial score (nSPS) is 32.4. The van der Waals surface area contributed by atoms with Gasteiger partial charge in [-0.3, -0.25) is 9.69 Å². The maximum atomic E-state index is 12.7. The molecule has 3 aliphatic rings. The standard InChI is InChI=1S/C20H44N8O/c1-18(2,3)17(29)10-28-9-8-27-13-19(21)11-23-4-6-25-14-20(22,16-28)15-26-7-5-24-12-19/h23-27H,4-16,21-22H2,1-3H3. The third-order valence-corrected chi connectivity index (χ3v) is 5.69. The van der Waals surface area contributed by atoms with Crippen molar-refractivity contribution >= 4 is 5.78 Å². The largest absolute Gasteiger partial charge is 0.322 e.